The lowest BCUT2D eigenvalue weighted by atomic mass is 10.1. The van der Waals surface area contributed by atoms with E-state index in [2.05, 4.69) is 10.5 Å². The SMILES string of the molecule is CC(=O)c1cccc(NC(=O)[C@@H]2CCCN2S(=O)(=O)c2c(C)noc2C)c1. The van der Waals surface area contributed by atoms with Crippen LogP contribution in [0.4, 0.5) is 5.69 Å². The molecule has 1 aliphatic rings. The van der Waals surface area contributed by atoms with E-state index < -0.39 is 22.0 Å². The van der Waals surface area contributed by atoms with Gasteiger partial charge in [0.25, 0.3) is 0 Å². The van der Waals surface area contributed by atoms with Gasteiger partial charge < -0.3 is 9.84 Å². The second-order valence-electron chi connectivity index (χ2n) is 6.55. The number of aryl methyl sites for hydroxylation is 2. The van der Waals surface area contributed by atoms with Gasteiger partial charge in [-0.1, -0.05) is 17.3 Å². The molecule has 27 heavy (non-hydrogen) atoms. The third-order valence-corrected chi connectivity index (χ3v) is 6.73. The number of hydrogen-bond acceptors (Lipinski definition) is 6. The number of aromatic nitrogens is 1. The van der Waals surface area contributed by atoms with E-state index in [4.69, 9.17) is 4.52 Å². The molecule has 1 fully saturated rings. The van der Waals surface area contributed by atoms with Crippen LogP contribution in [0.15, 0.2) is 33.7 Å². The molecule has 9 heteroatoms. The zero-order chi connectivity index (χ0) is 19.8. The zero-order valence-electron chi connectivity index (χ0n) is 15.4. The van der Waals surface area contributed by atoms with Crippen LogP contribution in [0.3, 0.4) is 0 Å². The zero-order valence-corrected chi connectivity index (χ0v) is 16.2. The van der Waals surface area contributed by atoms with Gasteiger partial charge in [0, 0.05) is 17.8 Å². The van der Waals surface area contributed by atoms with Crippen molar-refractivity contribution < 1.29 is 22.5 Å². The van der Waals surface area contributed by atoms with Crippen molar-refractivity contribution in [2.75, 3.05) is 11.9 Å². The van der Waals surface area contributed by atoms with Crippen LogP contribution in [0.2, 0.25) is 0 Å². The molecule has 2 aromatic rings. The molecule has 1 saturated heterocycles. The molecule has 0 spiro atoms. The van der Waals surface area contributed by atoms with Gasteiger partial charge in [-0.25, -0.2) is 8.42 Å². The Morgan fingerprint density at radius 3 is 2.67 bits per heavy atom. The van der Waals surface area contributed by atoms with Crippen LogP contribution in [-0.2, 0) is 14.8 Å². The van der Waals surface area contributed by atoms with Crippen molar-refractivity contribution >= 4 is 27.4 Å². The molecule has 0 bridgehead atoms. The van der Waals surface area contributed by atoms with E-state index in [1.54, 1.807) is 31.2 Å². The van der Waals surface area contributed by atoms with Gasteiger partial charge >= 0.3 is 0 Å². The Morgan fingerprint density at radius 1 is 1.30 bits per heavy atom. The van der Waals surface area contributed by atoms with Crippen LogP contribution >= 0.6 is 0 Å². The quantitative estimate of drug-likeness (QED) is 0.783. The second kappa shape index (κ2) is 7.24. The molecule has 8 nitrogen and oxygen atoms in total. The third-order valence-electron chi connectivity index (χ3n) is 4.58. The maximum absolute atomic E-state index is 13.0. The Hall–Kier alpha value is -2.52. The number of rotatable bonds is 5. The molecule has 144 valence electrons. The Kier molecular flexibility index (Phi) is 5.16. The molecule has 1 amide bonds. The van der Waals surface area contributed by atoms with Crippen molar-refractivity contribution in [2.24, 2.45) is 0 Å². The highest BCUT2D eigenvalue weighted by Gasteiger charge is 2.41. The van der Waals surface area contributed by atoms with Gasteiger partial charge in [0.1, 0.15) is 16.6 Å². The molecular formula is C18H21N3O5S. The van der Waals surface area contributed by atoms with E-state index in [-0.39, 0.29) is 28.7 Å². The van der Waals surface area contributed by atoms with Gasteiger partial charge in [0.05, 0.1) is 0 Å². The number of sulfonamides is 1. The Bertz CT molecular complexity index is 977. The third kappa shape index (κ3) is 3.65. The fourth-order valence-corrected chi connectivity index (χ4v) is 5.24. The lowest BCUT2D eigenvalue weighted by Gasteiger charge is -2.23. The van der Waals surface area contributed by atoms with Crippen molar-refractivity contribution in [1.82, 2.24) is 9.46 Å². The molecule has 1 aromatic heterocycles. The number of carbonyl (C=O) groups is 2. The smallest absolute Gasteiger partial charge is 0.249 e. The summed E-state index contributed by atoms with van der Waals surface area (Å²) >= 11 is 0. The lowest BCUT2D eigenvalue weighted by molar-refractivity contribution is -0.119. The van der Waals surface area contributed by atoms with E-state index in [1.807, 2.05) is 0 Å². The van der Waals surface area contributed by atoms with Crippen LogP contribution in [0, 0.1) is 13.8 Å². The fraction of sp³-hybridized carbons (Fsp3) is 0.389. The standard InChI is InChI=1S/C18H21N3O5S/c1-11-17(13(3)26-20-11)27(24,25)21-9-5-8-16(21)18(23)19-15-7-4-6-14(10-15)12(2)22/h4,6-7,10,16H,5,8-9H2,1-3H3,(H,19,23)/t16-/m0/s1. The molecular weight excluding hydrogens is 370 g/mol. The first kappa shape index (κ1) is 19.2. The minimum absolute atomic E-state index is 0.0146. The van der Waals surface area contributed by atoms with E-state index in [0.29, 0.717) is 24.1 Å². The van der Waals surface area contributed by atoms with Crippen LogP contribution in [-0.4, -0.2) is 42.2 Å². The summed E-state index contributed by atoms with van der Waals surface area (Å²) in [5, 5.41) is 6.42. The summed E-state index contributed by atoms with van der Waals surface area (Å²) in [5.41, 5.74) is 1.20. The highest BCUT2D eigenvalue weighted by molar-refractivity contribution is 7.89. The second-order valence-corrected chi connectivity index (χ2v) is 8.38. The van der Waals surface area contributed by atoms with Gasteiger partial charge in [-0.05, 0) is 45.7 Å². The van der Waals surface area contributed by atoms with Crippen molar-refractivity contribution in [3.8, 4) is 0 Å². The summed E-state index contributed by atoms with van der Waals surface area (Å²) in [4.78, 5) is 24.3. The summed E-state index contributed by atoms with van der Waals surface area (Å²) in [6, 6.07) is 5.72. The van der Waals surface area contributed by atoms with Gasteiger partial charge in [-0.3, -0.25) is 9.59 Å². The molecule has 0 saturated carbocycles. The first-order chi connectivity index (χ1) is 12.7. The van der Waals surface area contributed by atoms with E-state index in [1.165, 1.54) is 18.2 Å². The molecule has 1 atom stereocenters. The van der Waals surface area contributed by atoms with Crippen LogP contribution in [0.1, 0.15) is 41.6 Å². The molecule has 0 unspecified atom stereocenters. The average Bonchev–Trinajstić information content (AvgIpc) is 3.22. The molecule has 1 aromatic carbocycles. The normalized spacial score (nSPS) is 17.8. The first-order valence-electron chi connectivity index (χ1n) is 8.58. The number of carbonyl (C=O) groups excluding carboxylic acids is 2. The topological polar surface area (TPSA) is 110 Å². The number of amides is 1. The van der Waals surface area contributed by atoms with E-state index >= 15 is 0 Å². The molecule has 0 radical (unpaired) electrons. The van der Waals surface area contributed by atoms with Crippen LogP contribution < -0.4 is 5.32 Å². The van der Waals surface area contributed by atoms with E-state index in [9.17, 15) is 18.0 Å². The largest absolute Gasteiger partial charge is 0.360 e. The number of ketones is 1. The Morgan fingerprint density at radius 2 is 2.04 bits per heavy atom. The van der Waals surface area contributed by atoms with Crippen molar-refractivity contribution in [3.63, 3.8) is 0 Å². The number of Topliss-reactive ketones (excluding diaryl/α,β-unsaturated/α-hetero) is 1. The number of anilines is 1. The number of benzene rings is 1. The Balaban J connectivity index is 1.85. The van der Waals surface area contributed by atoms with Gasteiger partial charge in [-0.2, -0.15) is 4.31 Å². The lowest BCUT2D eigenvalue weighted by Crippen LogP contribution is -2.43. The molecule has 3 rings (SSSR count). The number of hydrogen-bond donors (Lipinski definition) is 1. The predicted molar refractivity (Wildman–Crippen MR) is 98.0 cm³/mol. The fourth-order valence-electron chi connectivity index (χ4n) is 3.29. The summed E-state index contributed by atoms with van der Waals surface area (Å²) in [6.45, 7) is 4.78. The van der Waals surface area contributed by atoms with E-state index in [0.717, 1.165) is 0 Å². The predicted octanol–water partition coefficient (Wildman–Crippen LogP) is 2.29. The molecule has 0 aliphatic carbocycles. The minimum Gasteiger partial charge on any atom is -0.360 e. The maximum atomic E-state index is 13.0. The van der Waals surface area contributed by atoms with Crippen LogP contribution in [0.5, 0.6) is 0 Å². The monoisotopic (exact) mass is 391 g/mol. The van der Waals surface area contributed by atoms with Gasteiger partial charge in [0.15, 0.2) is 11.5 Å². The first-order valence-corrected chi connectivity index (χ1v) is 10.0. The minimum atomic E-state index is -3.90. The number of nitrogens with one attached hydrogen (secondary N) is 1. The van der Waals surface area contributed by atoms with Gasteiger partial charge in [-0.15, -0.1) is 0 Å². The van der Waals surface area contributed by atoms with Gasteiger partial charge in [0.2, 0.25) is 15.9 Å². The maximum Gasteiger partial charge on any atom is 0.249 e. The average molecular weight is 391 g/mol. The van der Waals surface area contributed by atoms with Crippen molar-refractivity contribution in [2.45, 2.75) is 44.6 Å². The van der Waals surface area contributed by atoms with Crippen molar-refractivity contribution in [1.29, 1.82) is 0 Å². The highest BCUT2D eigenvalue weighted by Crippen LogP contribution is 2.30. The molecule has 2 heterocycles. The summed E-state index contributed by atoms with van der Waals surface area (Å²) in [7, 11) is -3.90. The molecule has 1 aliphatic heterocycles. The summed E-state index contributed by atoms with van der Waals surface area (Å²) in [6.07, 6.45) is 0.995. The highest BCUT2D eigenvalue weighted by atomic mass is 32.2. The van der Waals surface area contributed by atoms with Crippen molar-refractivity contribution in [3.05, 3.63) is 41.3 Å². The Labute approximate surface area is 157 Å². The molecule has 1 N–H and O–H groups in total. The number of nitrogens with zero attached hydrogens (tertiary/aromatic N) is 2. The van der Waals surface area contributed by atoms with Crippen LogP contribution in [0.25, 0.3) is 0 Å². The summed E-state index contributed by atoms with van der Waals surface area (Å²) in [5.74, 6) is -0.342. The summed E-state index contributed by atoms with van der Waals surface area (Å²) < 4.78 is 32.3.